The van der Waals surface area contributed by atoms with Crippen molar-refractivity contribution in [3.8, 4) is 5.75 Å². The number of ether oxygens (including phenoxy) is 3. The van der Waals surface area contributed by atoms with Gasteiger partial charge >= 0.3 is 0 Å². The monoisotopic (exact) mass is 301 g/mol. The van der Waals surface area contributed by atoms with Crippen molar-refractivity contribution in [2.24, 2.45) is 0 Å². The van der Waals surface area contributed by atoms with E-state index < -0.39 is 16.3 Å². The summed E-state index contributed by atoms with van der Waals surface area (Å²) in [5, 5.41) is 10.9. The van der Waals surface area contributed by atoms with Crippen LogP contribution < -0.4 is 4.74 Å². The van der Waals surface area contributed by atoms with Crippen LogP contribution in [0.25, 0.3) is 0 Å². The molecule has 0 saturated carbocycles. The van der Waals surface area contributed by atoms with E-state index in [9.17, 15) is 10.1 Å². The Morgan fingerprint density at radius 1 is 1.40 bits per heavy atom. The second-order valence-corrected chi connectivity index (χ2v) is 5.53. The molecule has 1 saturated heterocycles. The lowest BCUT2D eigenvalue weighted by molar-refractivity contribution is -0.384. The fourth-order valence-corrected chi connectivity index (χ4v) is 2.13. The van der Waals surface area contributed by atoms with Gasteiger partial charge < -0.3 is 14.2 Å². The molecule has 0 bridgehead atoms. The van der Waals surface area contributed by atoms with E-state index in [-0.39, 0.29) is 10.7 Å². The minimum Gasteiger partial charge on any atom is -0.481 e. The van der Waals surface area contributed by atoms with Crippen molar-refractivity contribution >= 4 is 17.3 Å². The van der Waals surface area contributed by atoms with Crippen LogP contribution in [0, 0.1) is 10.1 Å². The first-order valence-corrected chi connectivity index (χ1v) is 6.54. The SMILES string of the molecule is CC(C)(Oc1ccc([N+](=O)[O-])cc1Cl)C1(C)OCCO1. The zero-order valence-corrected chi connectivity index (χ0v) is 12.3. The van der Waals surface area contributed by atoms with Crippen molar-refractivity contribution in [1.29, 1.82) is 0 Å². The van der Waals surface area contributed by atoms with Gasteiger partial charge in [0.1, 0.15) is 5.75 Å². The number of nitrogens with zero attached hydrogens (tertiary/aromatic N) is 1. The quantitative estimate of drug-likeness (QED) is 0.631. The normalized spacial score (nSPS) is 18.0. The van der Waals surface area contributed by atoms with Crippen LogP contribution in [-0.2, 0) is 9.47 Å². The topological polar surface area (TPSA) is 70.8 Å². The molecule has 0 radical (unpaired) electrons. The van der Waals surface area contributed by atoms with Gasteiger partial charge in [0.05, 0.1) is 23.2 Å². The van der Waals surface area contributed by atoms with Gasteiger partial charge in [-0.2, -0.15) is 0 Å². The number of nitro benzene ring substituents is 1. The molecule has 1 aromatic carbocycles. The van der Waals surface area contributed by atoms with Gasteiger partial charge in [-0.1, -0.05) is 11.6 Å². The summed E-state index contributed by atoms with van der Waals surface area (Å²) in [5.41, 5.74) is -0.886. The number of benzene rings is 1. The molecule has 0 aliphatic carbocycles. The van der Waals surface area contributed by atoms with Crippen molar-refractivity contribution < 1.29 is 19.1 Å². The number of rotatable bonds is 4. The summed E-state index contributed by atoms with van der Waals surface area (Å²) < 4.78 is 17.0. The number of halogens is 1. The third-order valence-corrected chi connectivity index (χ3v) is 3.72. The smallest absolute Gasteiger partial charge is 0.271 e. The number of non-ortho nitro benzene ring substituents is 1. The van der Waals surface area contributed by atoms with E-state index in [1.54, 1.807) is 6.92 Å². The van der Waals surface area contributed by atoms with Crippen molar-refractivity contribution in [2.75, 3.05) is 13.2 Å². The molecule has 110 valence electrons. The van der Waals surface area contributed by atoms with Gasteiger partial charge in [-0.3, -0.25) is 10.1 Å². The number of hydrogen-bond donors (Lipinski definition) is 0. The molecule has 1 aliphatic rings. The first-order valence-electron chi connectivity index (χ1n) is 6.16. The van der Waals surface area contributed by atoms with Crippen LogP contribution in [0.5, 0.6) is 5.75 Å². The molecule has 0 amide bonds. The molecule has 20 heavy (non-hydrogen) atoms. The maximum Gasteiger partial charge on any atom is 0.271 e. The molecule has 0 N–H and O–H groups in total. The highest BCUT2D eigenvalue weighted by atomic mass is 35.5. The maximum atomic E-state index is 10.7. The predicted molar refractivity (Wildman–Crippen MR) is 73.1 cm³/mol. The average molecular weight is 302 g/mol. The summed E-state index contributed by atoms with van der Waals surface area (Å²) in [4.78, 5) is 10.2. The number of hydrogen-bond acceptors (Lipinski definition) is 5. The van der Waals surface area contributed by atoms with Crippen LogP contribution in [0.2, 0.25) is 5.02 Å². The molecule has 1 aromatic rings. The molecular formula is C13H16ClNO5. The summed E-state index contributed by atoms with van der Waals surface area (Å²) in [7, 11) is 0. The molecule has 1 aliphatic heterocycles. The van der Waals surface area contributed by atoms with Crippen molar-refractivity contribution in [2.45, 2.75) is 32.2 Å². The van der Waals surface area contributed by atoms with Gasteiger partial charge in [0.15, 0.2) is 5.60 Å². The van der Waals surface area contributed by atoms with Crippen LogP contribution in [0.15, 0.2) is 18.2 Å². The van der Waals surface area contributed by atoms with E-state index in [4.69, 9.17) is 25.8 Å². The largest absolute Gasteiger partial charge is 0.481 e. The lowest BCUT2D eigenvalue weighted by Crippen LogP contribution is -2.52. The molecule has 2 rings (SSSR count). The second-order valence-electron chi connectivity index (χ2n) is 5.13. The predicted octanol–water partition coefficient (Wildman–Crippen LogP) is 3.17. The van der Waals surface area contributed by atoms with Gasteiger partial charge in [-0.05, 0) is 26.8 Å². The Labute approximate surface area is 121 Å². The van der Waals surface area contributed by atoms with Crippen LogP contribution in [0.1, 0.15) is 20.8 Å². The van der Waals surface area contributed by atoms with E-state index in [2.05, 4.69) is 0 Å². The van der Waals surface area contributed by atoms with E-state index in [0.29, 0.717) is 19.0 Å². The number of nitro groups is 1. The average Bonchev–Trinajstić information content (AvgIpc) is 2.80. The van der Waals surface area contributed by atoms with Crippen LogP contribution in [0.3, 0.4) is 0 Å². The molecule has 0 aromatic heterocycles. The summed E-state index contributed by atoms with van der Waals surface area (Å²) in [5.74, 6) is -0.541. The highest BCUT2D eigenvalue weighted by Crippen LogP contribution is 2.38. The van der Waals surface area contributed by atoms with Gasteiger partial charge in [-0.25, -0.2) is 0 Å². The summed E-state index contributed by atoms with van der Waals surface area (Å²) in [6, 6.07) is 4.07. The molecule has 6 nitrogen and oxygen atoms in total. The zero-order chi connectivity index (χ0) is 15.0. The van der Waals surface area contributed by atoms with Crippen LogP contribution >= 0.6 is 11.6 Å². The standard InChI is InChI=1S/C13H16ClNO5/c1-12(2,13(3)18-6-7-19-13)20-11-5-4-9(15(16)17)8-10(11)14/h4-5,8H,6-7H2,1-3H3. The van der Waals surface area contributed by atoms with E-state index >= 15 is 0 Å². The molecule has 1 heterocycles. The van der Waals surface area contributed by atoms with E-state index in [0.717, 1.165) is 0 Å². The molecule has 1 fully saturated rings. The van der Waals surface area contributed by atoms with Crippen molar-refractivity contribution in [3.63, 3.8) is 0 Å². The first-order chi connectivity index (χ1) is 9.25. The Hall–Kier alpha value is -1.37. The molecular weight excluding hydrogens is 286 g/mol. The van der Waals surface area contributed by atoms with Crippen molar-refractivity contribution in [3.05, 3.63) is 33.3 Å². The highest BCUT2D eigenvalue weighted by molar-refractivity contribution is 6.32. The summed E-state index contributed by atoms with van der Waals surface area (Å²) in [6.07, 6.45) is 0. The minimum absolute atomic E-state index is 0.0836. The fraction of sp³-hybridized carbons (Fsp3) is 0.538. The second kappa shape index (κ2) is 5.20. The maximum absolute atomic E-state index is 10.7. The van der Waals surface area contributed by atoms with Gasteiger partial charge in [0.25, 0.3) is 5.69 Å². The first kappa shape index (κ1) is 15.0. The Morgan fingerprint density at radius 2 is 2.00 bits per heavy atom. The van der Waals surface area contributed by atoms with Crippen LogP contribution in [-0.4, -0.2) is 29.5 Å². The lowest BCUT2D eigenvalue weighted by atomic mass is 9.98. The summed E-state index contributed by atoms with van der Waals surface area (Å²) >= 11 is 6.02. The Morgan fingerprint density at radius 3 is 2.50 bits per heavy atom. The lowest BCUT2D eigenvalue weighted by Gasteiger charge is -2.39. The Balaban J connectivity index is 2.23. The van der Waals surface area contributed by atoms with E-state index in [1.165, 1.54) is 18.2 Å². The highest BCUT2D eigenvalue weighted by Gasteiger charge is 2.48. The van der Waals surface area contributed by atoms with Crippen molar-refractivity contribution in [1.82, 2.24) is 0 Å². The van der Waals surface area contributed by atoms with Crippen LogP contribution in [0.4, 0.5) is 5.69 Å². The minimum atomic E-state index is -0.891. The zero-order valence-electron chi connectivity index (χ0n) is 11.5. The molecule has 0 atom stereocenters. The Bertz CT molecular complexity index is 525. The third kappa shape index (κ3) is 2.72. The molecule has 0 spiro atoms. The van der Waals surface area contributed by atoms with E-state index in [1.807, 2.05) is 13.8 Å². The molecule has 0 unspecified atom stereocenters. The summed E-state index contributed by atoms with van der Waals surface area (Å²) in [6.45, 7) is 6.42. The Kier molecular flexibility index (Phi) is 3.90. The van der Waals surface area contributed by atoms with Gasteiger partial charge in [-0.15, -0.1) is 0 Å². The third-order valence-electron chi connectivity index (χ3n) is 3.42. The van der Waals surface area contributed by atoms with Gasteiger partial charge in [0, 0.05) is 12.1 Å². The van der Waals surface area contributed by atoms with Gasteiger partial charge in [0.2, 0.25) is 5.79 Å². The molecule has 7 heteroatoms. The fourth-order valence-electron chi connectivity index (χ4n) is 1.92.